The zero-order valence-corrected chi connectivity index (χ0v) is 16.0. The van der Waals surface area contributed by atoms with E-state index in [9.17, 15) is 14.7 Å². The van der Waals surface area contributed by atoms with Crippen LogP contribution in [0.25, 0.3) is 0 Å². The van der Waals surface area contributed by atoms with Crippen molar-refractivity contribution in [2.45, 2.75) is 12.5 Å². The molecule has 7 nitrogen and oxygen atoms in total. The highest BCUT2D eigenvalue weighted by Crippen LogP contribution is 2.34. The zero-order valence-electron chi connectivity index (χ0n) is 16.0. The van der Waals surface area contributed by atoms with Crippen LogP contribution >= 0.6 is 0 Å². The highest BCUT2D eigenvalue weighted by molar-refractivity contribution is 5.91. The molecule has 0 aliphatic carbocycles. The number of benzene rings is 3. The average molecular weight is 407 g/mol. The predicted molar refractivity (Wildman–Crippen MR) is 110 cm³/mol. The molecule has 0 fully saturated rings. The maximum Gasteiger partial charge on any atom is 0.408 e. The van der Waals surface area contributed by atoms with E-state index in [4.69, 9.17) is 15.3 Å². The first-order valence-corrected chi connectivity index (χ1v) is 9.26. The zero-order chi connectivity index (χ0) is 21.7. The van der Waals surface area contributed by atoms with Crippen molar-refractivity contribution in [1.29, 1.82) is 0 Å². The molecule has 154 valence electrons. The number of rotatable bonds is 2. The fourth-order valence-corrected chi connectivity index (χ4v) is 3.46. The first-order chi connectivity index (χ1) is 14.4. The van der Waals surface area contributed by atoms with Crippen LogP contribution in [0.4, 0.5) is 4.79 Å². The molecule has 0 spiro atoms. The van der Waals surface area contributed by atoms with Gasteiger partial charge in [-0.1, -0.05) is 54.6 Å². The van der Waals surface area contributed by atoms with Crippen LogP contribution in [0.5, 0.6) is 11.5 Å². The van der Waals surface area contributed by atoms with Crippen LogP contribution in [0, 0.1) is 0 Å². The maximum absolute atomic E-state index is 11.5. The summed E-state index contributed by atoms with van der Waals surface area (Å²) in [7, 11) is 0. The number of carbonyl (C=O) groups is 2. The Morgan fingerprint density at radius 2 is 1.53 bits per heavy atom. The average Bonchev–Trinajstić information content (AvgIpc) is 2.75. The number of aromatic carboxylic acids is 1. The fourth-order valence-electron chi connectivity index (χ4n) is 3.46. The van der Waals surface area contributed by atoms with Crippen LogP contribution < -0.4 is 0 Å². The van der Waals surface area contributed by atoms with Crippen LogP contribution in [0.3, 0.4) is 0 Å². The van der Waals surface area contributed by atoms with Gasteiger partial charge < -0.3 is 20.4 Å². The Labute approximate surface area is 173 Å². The Kier molecular flexibility index (Phi) is 6.22. The second kappa shape index (κ2) is 9.00. The number of aromatic hydroxyl groups is 2. The molecule has 0 bridgehead atoms. The van der Waals surface area contributed by atoms with E-state index in [0.717, 1.165) is 29.7 Å². The topological polar surface area (TPSA) is 118 Å². The Balaban J connectivity index is 0.000000199. The minimum atomic E-state index is -1.27. The monoisotopic (exact) mass is 407 g/mol. The van der Waals surface area contributed by atoms with E-state index in [-0.39, 0.29) is 23.1 Å². The molecule has 4 N–H and O–H groups in total. The SMILES string of the molecule is O=C(O)N1CCc2ccccc2C1c1ccccc1.O=C(O)c1cc(O)ccc1O. The molecule has 7 heteroatoms. The molecule has 0 saturated carbocycles. The van der Waals surface area contributed by atoms with Crippen molar-refractivity contribution >= 4 is 12.1 Å². The Morgan fingerprint density at radius 3 is 2.17 bits per heavy atom. The van der Waals surface area contributed by atoms with Crippen LogP contribution in [0.15, 0.2) is 72.8 Å². The molecule has 1 atom stereocenters. The van der Waals surface area contributed by atoms with Gasteiger partial charge in [-0.3, -0.25) is 4.90 Å². The lowest BCUT2D eigenvalue weighted by Crippen LogP contribution is -2.39. The number of phenolic OH excluding ortho intramolecular Hbond substituents is 1. The number of nitrogens with zero attached hydrogens (tertiary/aromatic N) is 1. The third-order valence-corrected chi connectivity index (χ3v) is 4.85. The molecule has 3 aromatic rings. The first kappa shape index (κ1) is 20.7. The number of phenols is 2. The van der Waals surface area contributed by atoms with Crippen molar-refractivity contribution in [2.75, 3.05) is 6.54 Å². The smallest absolute Gasteiger partial charge is 0.408 e. The van der Waals surface area contributed by atoms with Crippen molar-refractivity contribution in [3.63, 3.8) is 0 Å². The molecule has 30 heavy (non-hydrogen) atoms. The summed E-state index contributed by atoms with van der Waals surface area (Å²) in [5.41, 5.74) is 3.07. The normalized spacial score (nSPS) is 14.8. The first-order valence-electron chi connectivity index (χ1n) is 9.26. The van der Waals surface area contributed by atoms with Crippen molar-refractivity contribution in [2.24, 2.45) is 0 Å². The van der Waals surface area contributed by atoms with Gasteiger partial charge in [-0.15, -0.1) is 0 Å². The van der Waals surface area contributed by atoms with E-state index in [1.54, 1.807) is 0 Å². The number of fused-ring (bicyclic) bond motifs is 1. The molecule has 0 aromatic heterocycles. The van der Waals surface area contributed by atoms with Gasteiger partial charge in [0.15, 0.2) is 0 Å². The Hall–Kier alpha value is -4.00. The third-order valence-electron chi connectivity index (χ3n) is 4.85. The second-order valence-electron chi connectivity index (χ2n) is 6.74. The van der Waals surface area contributed by atoms with Crippen LogP contribution in [0.2, 0.25) is 0 Å². The second-order valence-corrected chi connectivity index (χ2v) is 6.74. The summed E-state index contributed by atoms with van der Waals surface area (Å²) < 4.78 is 0. The molecule has 1 aliphatic rings. The van der Waals surface area contributed by atoms with Crippen molar-refractivity contribution in [3.05, 3.63) is 95.1 Å². The number of hydrogen-bond acceptors (Lipinski definition) is 4. The van der Waals surface area contributed by atoms with Crippen molar-refractivity contribution < 1.29 is 30.0 Å². The lowest BCUT2D eigenvalue weighted by Gasteiger charge is -2.35. The predicted octanol–water partition coefficient (Wildman–Crippen LogP) is 4.11. The van der Waals surface area contributed by atoms with Gasteiger partial charge in [0.05, 0.1) is 6.04 Å². The van der Waals surface area contributed by atoms with E-state index in [1.165, 1.54) is 16.5 Å². The summed E-state index contributed by atoms with van der Waals surface area (Å²) in [6.45, 7) is 0.548. The van der Waals surface area contributed by atoms with Gasteiger partial charge in [-0.05, 0) is 41.3 Å². The lowest BCUT2D eigenvalue weighted by atomic mass is 9.88. The van der Waals surface area contributed by atoms with Gasteiger partial charge in [0.25, 0.3) is 0 Å². The van der Waals surface area contributed by atoms with Crippen LogP contribution in [-0.2, 0) is 6.42 Å². The fraction of sp³-hybridized carbons (Fsp3) is 0.130. The summed E-state index contributed by atoms with van der Waals surface area (Å²) >= 11 is 0. The third kappa shape index (κ3) is 4.52. The quantitative estimate of drug-likeness (QED) is 0.475. The van der Waals surface area contributed by atoms with Gasteiger partial charge in [0.2, 0.25) is 0 Å². The Bertz CT molecular complexity index is 1050. The molecular weight excluding hydrogens is 386 g/mol. The maximum atomic E-state index is 11.5. The molecular formula is C23H21NO6. The molecule has 4 rings (SSSR count). The molecule has 0 saturated heterocycles. The van der Waals surface area contributed by atoms with Gasteiger partial charge in [0, 0.05) is 6.54 Å². The molecule has 3 aromatic carbocycles. The number of amides is 1. The van der Waals surface area contributed by atoms with Gasteiger partial charge >= 0.3 is 12.1 Å². The van der Waals surface area contributed by atoms with E-state index in [0.29, 0.717) is 6.54 Å². The van der Waals surface area contributed by atoms with Crippen molar-refractivity contribution in [3.8, 4) is 11.5 Å². The van der Waals surface area contributed by atoms with Crippen LogP contribution in [0.1, 0.15) is 33.1 Å². The molecule has 0 radical (unpaired) electrons. The van der Waals surface area contributed by atoms with E-state index in [1.807, 2.05) is 48.5 Å². The number of carboxylic acids is 1. The molecule has 1 aliphatic heterocycles. The summed E-state index contributed by atoms with van der Waals surface area (Å²) in [5.74, 6) is -1.80. The minimum absolute atomic E-state index is 0.180. The largest absolute Gasteiger partial charge is 0.508 e. The van der Waals surface area contributed by atoms with Gasteiger partial charge in [-0.2, -0.15) is 0 Å². The summed E-state index contributed by atoms with van der Waals surface area (Å²) in [6, 6.07) is 21.1. The highest BCUT2D eigenvalue weighted by atomic mass is 16.4. The number of carboxylic acid groups (broad SMARTS) is 2. The Morgan fingerprint density at radius 1 is 0.867 bits per heavy atom. The minimum Gasteiger partial charge on any atom is -0.508 e. The summed E-state index contributed by atoms with van der Waals surface area (Å²) in [4.78, 5) is 23.3. The van der Waals surface area contributed by atoms with Gasteiger partial charge in [0.1, 0.15) is 17.1 Å². The molecule has 1 heterocycles. The lowest BCUT2D eigenvalue weighted by molar-refractivity contribution is 0.0693. The number of hydrogen-bond donors (Lipinski definition) is 4. The van der Waals surface area contributed by atoms with E-state index < -0.39 is 12.1 Å². The van der Waals surface area contributed by atoms with Crippen molar-refractivity contribution in [1.82, 2.24) is 4.90 Å². The summed E-state index contributed by atoms with van der Waals surface area (Å²) in [6.07, 6.45) is -0.0745. The molecule has 1 unspecified atom stereocenters. The van der Waals surface area contributed by atoms with E-state index >= 15 is 0 Å². The molecule has 1 amide bonds. The van der Waals surface area contributed by atoms with Gasteiger partial charge in [-0.25, -0.2) is 9.59 Å². The van der Waals surface area contributed by atoms with E-state index in [2.05, 4.69) is 6.07 Å². The van der Waals surface area contributed by atoms with Crippen LogP contribution in [-0.4, -0.2) is 43.9 Å². The standard InChI is InChI=1S/C16H15NO2.C7H6O4/c18-16(19)17-11-10-12-6-4-5-9-14(12)15(17)13-7-2-1-3-8-13;8-4-1-2-6(9)5(3-4)7(10)11/h1-9,15H,10-11H2,(H,18,19);1-3,8-9H,(H,10,11). The summed E-state index contributed by atoms with van der Waals surface area (Å²) in [5, 5.41) is 35.6. The highest BCUT2D eigenvalue weighted by Gasteiger charge is 2.31.